The molecule has 8 nitrogen and oxygen atoms in total. The Morgan fingerprint density at radius 2 is 1.86 bits per heavy atom. The van der Waals surface area contributed by atoms with Crippen LogP contribution in [0.2, 0.25) is 0 Å². The van der Waals surface area contributed by atoms with Gasteiger partial charge in [0.25, 0.3) is 0 Å². The Bertz CT molecular complexity index is 1160. The molecule has 0 unspecified atom stereocenters. The van der Waals surface area contributed by atoms with Gasteiger partial charge in [-0.2, -0.15) is 0 Å². The third kappa shape index (κ3) is 5.49. The first-order chi connectivity index (χ1) is 17.6. The van der Waals surface area contributed by atoms with Gasteiger partial charge in [0.2, 0.25) is 5.91 Å². The molecule has 4 rings (SSSR count). The van der Waals surface area contributed by atoms with E-state index in [9.17, 15) is 19.5 Å². The van der Waals surface area contributed by atoms with Crippen LogP contribution in [0.4, 0.5) is 4.79 Å². The SMILES string of the molecule is CO[C@@]12C[C@@H](C(=O)O)N(C1)C(=O)[C@H](C(C)(C)C)NC(=O)OCCCCc1cc2ccc1-c1ccccc1. The summed E-state index contributed by atoms with van der Waals surface area (Å²) in [6, 6.07) is 14.1. The van der Waals surface area contributed by atoms with E-state index in [0.29, 0.717) is 6.42 Å². The Hall–Kier alpha value is -3.39. The number of aryl methyl sites for hydroxylation is 1. The molecule has 1 saturated heterocycles. The van der Waals surface area contributed by atoms with Crippen LogP contribution in [-0.2, 0) is 31.1 Å². The standard InChI is InChI=1S/C29H36N2O6/c1-28(2,3)24-25(32)31-18-29(36-4,17-23(31)26(33)34)21-13-14-22(19-10-6-5-7-11-19)20(16-21)12-8-9-15-37-27(35)30-24/h5-7,10-11,13-14,16,23-24H,8-9,12,15,17-18H2,1-4H3,(H,30,35)(H,33,34)/t23-,24+,29-/m0/s1. The quantitative estimate of drug-likeness (QED) is 0.638. The lowest BCUT2D eigenvalue weighted by atomic mass is 9.85. The van der Waals surface area contributed by atoms with Crippen molar-refractivity contribution >= 4 is 18.0 Å². The average Bonchev–Trinajstić information content (AvgIpc) is 3.28. The fourth-order valence-corrected chi connectivity index (χ4v) is 5.34. The molecule has 8 heteroatoms. The van der Waals surface area contributed by atoms with Crippen molar-refractivity contribution in [2.75, 3.05) is 20.3 Å². The number of fused-ring (bicyclic) bond motifs is 5. The molecule has 0 radical (unpaired) electrons. The van der Waals surface area contributed by atoms with E-state index in [0.717, 1.165) is 35.1 Å². The molecule has 0 spiro atoms. The highest BCUT2D eigenvalue weighted by Gasteiger charge is 2.52. The number of methoxy groups -OCH3 is 1. The summed E-state index contributed by atoms with van der Waals surface area (Å²) in [6.45, 7) is 5.77. The molecule has 2 aliphatic rings. The maximum atomic E-state index is 13.8. The zero-order valence-electron chi connectivity index (χ0n) is 22.0. The van der Waals surface area contributed by atoms with E-state index in [2.05, 4.69) is 29.6 Å². The minimum absolute atomic E-state index is 0.0622. The third-order valence-corrected chi connectivity index (χ3v) is 7.45. The van der Waals surface area contributed by atoms with Crippen molar-refractivity contribution < 1.29 is 29.0 Å². The molecule has 0 aliphatic carbocycles. The number of benzene rings is 2. The van der Waals surface area contributed by atoms with Gasteiger partial charge in [0.1, 0.15) is 17.7 Å². The Kier molecular flexibility index (Phi) is 7.59. The highest BCUT2D eigenvalue weighted by Crippen LogP contribution is 2.42. The number of hydrogen-bond donors (Lipinski definition) is 2. The molecule has 2 amide bonds. The summed E-state index contributed by atoms with van der Waals surface area (Å²) < 4.78 is 11.4. The molecule has 2 aliphatic heterocycles. The van der Waals surface area contributed by atoms with Crippen LogP contribution < -0.4 is 5.32 Å². The first-order valence-corrected chi connectivity index (χ1v) is 12.8. The highest BCUT2D eigenvalue weighted by atomic mass is 16.5. The van der Waals surface area contributed by atoms with Crippen LogP contribution >= 0.6 is 0 Å². The number of rotatable bonds is 3. The Balaban J connectivity index is 1.82. The second-order valence-electron chi connectivity index (χ2n) is 11.0. The monoisotopic (exact) mass is 508 g/mol. The Morgan fingerprint density at radius 3 is 2.51 bits per heavy atom. The van der Waals surface area contributed by atoms with E-state index >= 15 is 0 Å². The first kappa shape index (κ1) is 26.7. The van der Waals surface area contributed by atoms with Crippen LogP contribution in [0.25, 0.3) is 11.1 Å². The van der Waals surface area contributed by atoms with Gasteiger partial charge in [-0.1, -0.05) is 69.3 Å². The van der Waals surface area contributed by atoms with Gasteiger partial charge in [0, 0.05) is 13.5 Å². The summed E-state index contributed by atoms with van der Waals surface area (Å²) in [7, 11) is 1.56. The largest absolute Gasteiger partial charge is 0.480 e. The molecule has 4 bridgehead atoms. The zero-order valence-corrected chi connectivity index (χ0v) is 22.0. The average molecular weight is 509 g/mol. The molecule has 0 saturated carbocycles. The molecule has 37 heavy (non-hydrogen) atoms. The van der Waals surface area contributed by atoms with Crippen molar-refractivity contribution in [3.8, 4) is 11.1 Å². The number of hydrogen-bond acceptors (Lipinski definition) is 5. The summed E-state index contributed by atoms with van der Waals surface area (Å²) in [6.07, 6.45) is 1.64. The number of carbonyl (C=O) groups excluding carboxylic acids is 2. The zero-order chi connectivity index (χ0) is 26.8. The number of amides is 2. The lowest BCUT2D eigenvalue weighted by Gasteiger charge is -2.35. The first-order valence-electron chi connectivity index (χ1n) is 12.8. The van der Waals surface area contributed by atoms with Crippen LogP contribution in [-0.4, -0.2) is 60.3 Å². The van der Waals surface area contributed by atoms with Crippen molar-refractivity contribution in [2.24, 2.45) is 5.41 Å². The minimum Gasteiger partial charge on any atom is -0.480 e. The van der Waals surface area contributed by atoms with Gasteiger partial charge < -0.3 is 24.8 Å². The summed E-state index contributed by atoms with van der Waals surface area (Å²) in [4.78, 5) is 40.1. The Morgan fingerprint density at radius 1 is 1.14 bits per heavy atom. The Labute approximate surface area is 217 Å². The van der Waals surface area contributed by atoms with E-state index < -0.39 is 41.1 Å². The fourth-order valence-electron chi connectivity index (χ4n) is 5.34. The number of carbonyl (C=O) groups is 3. The summed E-state index contributed by atoms with van der Waals surface area (Å²) in [5.74, 6) is -1.57. The van der Waals surface area contributed by atoms with Crippen molar-refractivity contribution in [2.45, 2.75) is 64.1 Å². The minimum atomic E-state index is -1.11. The molecular weight excluding hydrogens is 472 g/mol. The van der Waals surface area contributed by atoms with Crippen molar-refractivity contribution in [1.82, 2.24) is 10.2 Å². The molecule has 2 aromatic rings. The van der Waals surface area contributed by atoms with E-state index in [1.807, 2.05) is 45.0 Å². The summed E-state index contributed by atoms with van der Waals surface area (Å²) in [5.41, 5.74) is 2.45. The molecular formula is C29H36N2O6. The maximum absolute atomic E-state index is 13.8. The predicted octanol–water partition coefficient (Wildman–Crippen LogP) is 4.36. The molecule has 0 aromatic heterocycles. The van der Waals surface area contributed by atoms with Gasteiger partial charge in [-0.3, -0.25) is 4.79 Å². The van der Waals surface area contributed by atoms with E-state index in [1.54, 1.807) is 7.11 Å². The second-order valence-corrected chi connectivity index (χ2v) is 11.0. The van der Waals surface area contributed by atoms with Gasteiger partial charge in [-0.15, -0.1) is 0 Å². The van der Waals surface area contributed by atoms with Gasteiger partial charge in [0.15, 0.2) is 0 Å². The number of nitrogens with one attached hydrogen (secondary N) is 1. The van der Waals surface area contributed by atoms with Gasteiger partial charge in [-0.05, 0) is 46.9 Å². The van der Waals surface area contributed by atoms with Crippen molar-refractivity contribution in [1.29, 1.82) is 0 Å². The topological polar surface area (TPSA) is 105 Å². The molecule has 2 aromatic carbocycles. The fraction of sp³-hybridized carbons (Fsp3) is 0.483. The molecule has 3 atom stereocenters. The van der Waals surface area contributed by atoms with Crippen molar-refractivity contribution in [3.63, 3.8) is 0 Å². The maximum Gasteiger partial charge on any atom is 0.407 e. The van der Waals surface area contributed by atoms with E-state index in [1.165, 1.54) is 4.90 Å². The van der Waals surface area contributed by atoms with Crippen LogP contribution in [0, 0.1) is 5.41 Å². The number of alkyl carbamates (subject to hydrolysis) is 1. The number of carboxylic acids is 1. The number of carboxylic acid groups (broad SMARTS) is 1. The summed E-state index contributed by atoms with van der Waals surface area (Å²) >= 11 is 0. The number of cyclic esters (lactones) is 1. The highest BCUT2D eigenvalue weighted by molar-refractivity contribution is 5.90. The molecule has 198 valence electrons. The molecule has 2 N–H and O–H groups in total. The van der Waals surface area contributed by atoms with Gasteiger partial charge in [-0.25, -0.2) is 9.59 Å². The number of aliphatic carboxylic acids is 1. The summed E-state index contributed by atoms with van der Waals surface area (Å²) in [5, 5.41) is 12.8. The van der Waals surface area contributed by atoms with Crippen LogP contribution in [0.15, 0.2) is 48.5 Å². The lowest BCUT2D eigenvalue weighted by Crippen LogP contribution is -2.57. The van der Waals surface area contributed by atoms with Crippen LogP contribution in [0.3, 0.4) is 0 Å². The van der Waals surface area contributed by atoms with Gasteiger partial charge in [0.05, 0.1) is 13.2 Å². The number of ether oxygens (including phenoxy) is 2. The van der Waals surface area contributed by atoms with E-state index in [4.69, 9.17) is 9.47 Å². The van der Waals surface area contributed by atoms with E-state index in [-0.39, 0.29) is 19.6 Å². The molecule has 1 fully saturated rings. The van der Waals surface area contributed by atoms with Gasteiger partial charge >= 0.3 is 12.1 Å². The third-order valence-electron chi connectivity index (χ3n) is 7.45. The lowest BCUT2D eigenvalue weighted by molar-refractivity contribution is -0.150. The van der Waals surface area contributed by atoms with Crippen LogP contribution in [0.5, 0.6) is 0 Å². The van der Waals surface area contributed by atoms with Crippen LogP contribution in [0.1, 0.15) is 51.2 Å². The smallest absolute Gasteiger partial charge is 0.407 e. The van der Waals surface area contributed by atoms with Crippen molar-refractivity contribution in [3.05, 3.63) is 59.7 Å². The molecule has 2 heterocycles. The normalized spacial score (nSPS) is 25.0. The number of nitrogens with zero attached hydrogens (tertiary/aromatic N) is 1. The predicted molar refractivity (Wildman–Crippen MR) is 139 cm³/mol. The second kappa shape index (κ2) is 10.5.